The molecule has 2 aliphatic rings. The number of benzene rings is 2. The molecular weight excluding hydrogens is 343 g/mol. The highest BCUT2D eigenvalue weighted by Crippen LogP contribution is 2.48. The van der Waals surface area contributed by atoms with Gasteiger partial charge in [-0.05, 0) is 42.2 Å². The van der Waals surface area contributed by atoms with Gasteiger partial charge >= 0.3 is 0 Å². The molecule has 140 valence electrons. The average molecular weight is 366 g/mol. The molecule has 1 aliphatic carbocycles. The van der Waals surface area contributed by atoms with Crippen LogP contribution in [0.2, 0.25) is 0 Å². The molecule has 2 fully saturated rings. The van der Waals surface area contributed by atoms with Gasteiger partial charge in [0.1, 0.15) is 5.82 Å². The third kappa shape index (κ3) is 4.08. The molecule has 2 aromatic rings. The zero-order valence-electron chi connectivity index (χ0n) is 15.2. The van der Waals surface area contributed by atoms with E-state index >= 15 is 0 Å². The average Bonchev–Trinajstić information content (AvgIpc) is 3.50. The predicted molar refractivity (Wildman–Crippen MR) is 101 cm³/mol. The Bertz CT molecular complexity index is 814. The summed E-state index contributed by atoms with van der Waals surface area (Å²) in [4.78, 5) is 29.0. The molecule has 2 atom stereocenters. The van der Waals surface area contributed by atoms with E-state index in [4.69, 9.17) is 0 Å². The maximum Gasteiger partial charge on any atom is 0.226 e. The summed E-state index contributed by atoms with van der Waals surface area (Å²) in [5.41, 5.74) is 1.78. The monoisotopic (exact) mass is 366 g/mol. The molecule has 0 N–H and O–H groups in total. The van der Waals surface area contributed by atoms with Gasteiger partial charge in [0.25, 0.3) is 0 Å². The van der Waals surface area contributed by atoms with Crippen molar-refractivity contribution in [1.82, 2.24) is 9.80 Å². The van der Waals surface area contributed by atoms with Crippen molar-refractivity contribution in [1.29, 1.82) is 0 Å². The Balaban J connectivity index is 1.26. The Kier molecular flexibility index (Phi) is 5.03. The molecule has 1 heterocycles. The molecule has 1 aliphatic heterocycles. The number of carbonyl (C=O) groups excluding carboxylic acids is 2. The Morgan fingerprint density at radius 1 is 0.926 bits per heavy atom. The first kappa shape index (κ1) is 17.9. The van der Waals surface area contributed by atoms with Gasteiger partial charge in [-0.15, -0.1) is 0 Å². The number of amides is 1. The minimum Gasteiger partial charge on any atom is -0.340 e. The Morgan fingerprint density at radius 2 is 1.59 bits per heavy atom. The molecule has 5 heteroatoms. The van der Waals surface area contributed by atoms with Crippen LogP contribution in [0, 0.1) is 11.7 Å². The van der Waals surface area contributed by atoms with Gasteiger partial charge in [-0.3, -0.25) is 14.5 Å². The molecule has 0 bridgehead atoms. The summed E-state index contributed by atoms with van der Waals surface area (Å²) in [5.74, 6) is 0.360. The van der Waals surface area contributed by atoms with E-state index in [1.165, 1.54) is 29.8 Å². The number of Topliss-reactive ketones (excluding diaryl/α,β-unsaturated/α-hetero) is 1. The van der Waals surface area contributed by atoms with Crippen LogP contribution in [0.15, 0.2) is 54.6 Å². The smallest absolute Gasteiger partial charge is 0.226 e. The van der Waals surface area contributed by atoms with E-state index in [9.17, 15) is 14.0 Å². The minimum absolute atomic E-state index is 0.0129. The van der Waals surface area contributed by atoms with Crippen molar-refractivity contribution in [3.05, 3.63) is 71.5 Å². The van der Waals surface area contributed by atoms with Crippen molar-refractivity contribution >= 4 is 11.7 Å². The number of piperazine rings is 1. The van der Waals surface area contributed by atoms with E-state index in [0.29, 0.717) is 44.2 Å². The van der Waals surface area contributed by atoms with Gasteiger partial charge in [-0.2, -0.15) is 0 Å². The molecule has 4 nitrogen and oxygen atoms in total. The second-order valence-electron chi connectivity index (χ2n) is 7.39. The number of carbonyl (C=O) groups is 2. The third-order valence-corrected chi connectivity index (χ3v) is 5.55. The van der Waals surface area contributed by atoms with Crippen LogP contribution in [-0.2, 0) is 4.79 Å². The number of hydrogen-bond donors (Lipinski definition) is 0. The van der Waals surface area contributed by atoms with Crippen molar-refractivity contribution in [2.75, 3.05) is 32.7 Å². The van der Waals surface area contributed by atoms with Crippen LogP contribution in [-0.4, -0.2) is 54.2 Å². The number of hydrogen-bond acceptors (Lipinski definition) is 3. The summed E-state index contributed by atoms with van der Waals surface area (Å²) in [6.07, 6.45) is 0.937. The van der Waals surface area contributed by atoms with Crippen molar-refractivity contribution in [3.63, 3.8) is 0 Å². The number of rotatable bonds is 5. The summed E-state index contributed by atoms with van der Waals surface area (Å²) in [7, 11) is 0. The molecule has 0 aromatic heterocycles. The Hall–Kier alpha value is -2.53. The number of halogens is 1. The molecule has 0 radical (unpaired) electrons. The predicted octanol–water partition coefficient (Wildman–Crippen LogP) is 2.96. The highest BCUT2D eigenvalue weighted by atomic mass is 19.1. The van der Waals surface area contributed by atoms with E-state index in [0.717, 1.165) is 6.42 Å². The van der Waals surface area contributed by atoms with Crippen LogP contribution in [0.5, 0.6) is 0 Å². The van der Waals surface area contributed by atoms with Gasteiger partial charge in [-0.1, -0.05) is 30.3 Å². The minimum atomic E-state index is -0.340. The first-order valence-electron chi connectivity index (χ1n) is 9.46. The number of nitrogens with zero attached hydrogens (tertiary/aromatic N) is 2. The van der Waals surface area contributed by atoms with Crippen LogP contribution in [0.4, 0.5) is 4.39 Å². The highest BCUT2D eigenvalue weighted by molar-refractivity contribution is 5.97. The largest absolute Gasteiger partial charge is 0.340 e. The molecule has 4 rings (SSSR count). The van der Waals surface area contributed by atoms with E-state index in [2.05, 4.69) is 17.0 Å². The van der Waals surface area contributed by atoms with Gasteiger partial charge in [0, 0.05) is 37.7 Å². The van der Waals surface area contributed by atoms with E-state index in [1.807, 2.05) is 23.1 Å². The fraction of sp³-hybridized carbons (Fsp3) is 0.364. The molecule has 2 aromatic carbocycles. The van der Waals surface area contributed by atoms with Gasteiger partial charge in [0.15, 0.2) is 5.78 Å². The molecule has 1 saturated heterocycles. The van der Waals surface area contributed by atoms with Crippen molar-refractivity contribution < 1.29 is 14.0 Å². The highest BCUT2D eigenvalue weighted by Gasteiger charge is 2.45. The van der Waals surface area contributed by atoms with Gasteiger partial charge in [0.2, 0.25) is 5.91 Å². The van der Waals surface area contributed by atoms with Gasteiger partial charge in [-0.25, -0.2) is 4.39 Å². The van der Waals surface area contributed by atoms with Crippen LogP contribution in [0.25, 0.3) is 0 Å². The van der Waals surface area contributed by atoms with Gasteiger partial charge in [0.05, 0.1) is 6.54 Å². The van der Waals surface area contributed by atoms with Crippen LogP contribution in [0.1, 0.15) is 28.3 Å². The lowest BCUT2D eigenvalue weighted by Crippen LogP contribution is -2.50. The van der Waals surface area contributed by atoms with Crippen LogP contribution < -0.4 is 0 Å². The summed E-state index contributed by atoms with van der Waals surface area (Å²) in [5, 5.41) is 0. The first-order valence-corrected chi connectivity index (χ1v) is 9.46. The van der Waals surface area contributed by atoms with Gasteiger partial charge < -0.3 is 4.90 Å². The topological polar surface area (TPSA) is 40.6 Å². The van der Waals surface area contributed by atoms with Crippen LogP contribution in [0.3, 0.4) is 0 Å². The zero-order chi connectivity index (χ0) is 18.8. The van der Waals surface area contributed by atoms with Crippen molar-refractivity contribution in [2.45, 2.75) is 12.3 Å². The van der Waals surface area contributed by atoms with Crippen molar-refractivity contribution in [3.8, 4) is 0 Å². The second-order valence-corrected chi connectivity index (χ2v) is 7.39. The SMILES string of the molecule is O=C(CN1CCN(C(=O)C2CC2c2ccccc2)CC1)c1ccc(F)cc1. The molecule has 27 heavy (non-hydrogen) atoms. The zero-order valence-corrected chi connectivity index (χ0v) is 15.2. The lowest BCUT2D eigenvalue weighted by molar-refractivity contribution is -0.134. The summed E-state index contributed by atoms with van der Waals surface area (Å²) >= 11 is 0. The maximum absolute atomic E-state index is 13.0. The fourth-order valence-corrected chi connectivity index (χ4v) is 3.83. The maximum atomic E-state index is 13.0. The molecule has 2 unspecified atom stereocenters. The Morgan fingerprint density at radius 3 is 2.26 bits per heavy atom. The molecular formula is C22H23FN2O2. The molecule has 1 saturated carbocycles. The quantitative estimate of drug-likeness (QED) is 0.764. The lowest BCUT2D eigenvalue weighted by atomic mass is 10.1. The van der Waals surface area contributed by atoms with E-state index in [1.54, 1.807) is 0 Å². The van der Waals surface area contributed by atoms with Crippen molar-refractivity contribution in [2.24, 2.45) is 5.92 Å². The standard InChI is InChI=1S/C22H23FN2O2/c23-18-8-6-17(7-9-18)21(26)15-24-10-12-25(13-11-24)22(27)20-14-19(20)16-4-2-1-3-5-16/h1-9,19-20H,10-15H2. The Labute approximate surface area is 158 Å². The summed E-state index contributed by atoms with van der Waals surface area (Å²) in [6.45, 7) is 3.02. The van der Waals surface area contributed by atoms with Crippen LogP contribution >= 0.6 is 0 Å². The molecule has 0 spiro atoms. The number of ketones is 1. The van der Waals surface area contributed by atoms with E-state index < -0.39 is 0 Å². The first-order chi connectivity index (χ1) is 13.1. The lowest BCUT2D eigenvalue weighted by Gasteiger charge is -2.34. The second kappa shape index (κ2) is 7.61. The fourth-order valence-electron chi connectivity index (χ4n) is 3.83. The third-order valence-electron chi connectivity index (χ3n) is 5.55. The normalized spacial score (nSPS) is 22.5. The van der Waals surface area contributed by atoms with E-state index in [-0.39, 0.29) is 23.4 Å². The molecule has 1 amide bonds. The summed E-state index contributed by atoms with van der Waals surface area (Å²) < 4.78 is 13.0. The summed E-state index contributed by atoms with van der Waals surface area (Å²) in [6, 6.07) is 15.9.